The minimum Gasteiger partial charge on any atom is -0.379 e. The predicted octanol–water partition coefficient (Wildman–Crippen LogP) is 1.75. The lowest BCUT2D eigenvalue weighted by molar-refractivity contribution is 0.0371. The highest BCUT2D eigenvalue weighted by molar-refractivity contribution is 7.13. The Morgan fingerprint density at radius 1 is 1.53 bits per heavy atom. The Morgan fingerprint density at radius 3 is 2.94 bits per heavy atom. The van der Waals surface area contributed by atoms with E-state index in [0.717, 1.165) is 44.1 Å². The summed E-state index contributed by atoms with van der Waals surface area (Å²) in [6, 6.07) is 0. The van der Waals surface area contributed by atoms with Gasteiger partial charge in [0.15, 0.2) is 10.8 Å². The van der Waals surface area contributed by atoms with Gasteiger partial charge in [0.1, 0.15) is 0 Å². The summed E-state index contributed by atoms with van der Waals surface area (Å²) in [7, 11) is 0. The van der Waals surface area contributed by atoms with Crippen LogP contribution in [0.15, 0.2) is 6.20 Å². The van der Waals surface area contributed by atoms with Crippen molar-refractivity contribution in [2.45, 2.75) is 19.8 Å². The number of hydrogen-bond donors (Lipinski definition) is 0. The number of nitrogens with zero attached hydrogens (tertiary/aromatic N) is 2. The van der Waals surface area contributed by atoms with Crippen LogP contribution in [-0.4, -0.2) is 48.5 Å². The zero-order valence-electron chi connectivity index (χ0n) is 10.1. The molecule has 1 aliphatic heterocycles. The van der Waals surface area contributed by atoms with Crippen molar-refractivity contribution in [2.24, 2.45) is 0 Å². The molecule has 0 aliphatic carbocycles. The molecule has 94 valence electrons. The van der Waals surface area contributed by atoms with Gasteiger partial charge >= 0.3 is 0 Å². The molecule has 1 saturated heterocycles. The monoisotopic (exact) mass is 254 g/mol. The third-order valence-corrected chi connectivity index (χ3v) is 3.80. The number of morpholine rings is 1. The van der Waals surface area contributed by atoms with Gasteiger partial charge in [-0.3, -0.25) is 9.69 Å². The van der Waals surface area contributed by atoms with Crippen molar-refractivity contribution in [3.05, 3.63) is 16.1 Å². The Hall–Kier alpha value is -0.780. The van der Waals surface area contributed by atoms with Crippen molar-refractivity contribution >= 4 is 17.1 Å². The molecule has 1 fully saturated rings. The standard InChI is InChI=1S/C12H18N2O2S/c1-10-9-13-12(17-10)11(15)3-2-4-14-5-7-16-8-6-14/h9H,2-8H2,1H3. The molecule has 0 N–H and O–H groups in total. The zero-order chi connectivity index (χ0) is 12.1. The largest absolute Gasteiger partial charge is 0.379 e. The Morgan fingerprint density at radius 2 is 2.29 bits per heavy atom. The van der Waals surface area contributed by atoms with E-state index in [9.17, 15) is 4.79 Å². The van der Waals surface area contributed by atoms with E-state index in [1.54, 1.807) is 6.20 Å². The van der Waals surface area contributed by atoms with Gasteiger partial charge in [0.2, 0.25) is 0 Å². The highest BCUT2D eigenvalue weighted by Gasteiger charge is 2.13. The van der Waals surface area contributed by atoms with E-state index in [4.69, 9.17) is 4.74 Å². The van der Waals surface area contributed by atoms with E-state index < -0.39 is 0 Å². The molecule has 17 heavy (non-hydrogen) atoms. The number of hydrogen-bond acceptors (Lipinski definition) is 5. The van der Waals surface area contributed by atoms with Crippen molar-refractivity contribution in [1.29, 1.82) is 0 Å². The van der Waals surface area contributed by atoms with E-state index in [-0.39, 0.29) is 5.78 Å². The van der Waals surface area contributed by atoms with E-state index in [1.807, 2.05) is 6.92 Å². The molecule has 2 heterocycles. The minimum atomic E-state index is 0.177. The van der Waals surface area contributed by atoms with Gasteiger partial charge in [-0.2, -0.15) is 0 Å². The average Bonchev–Trinajstić information content (AvgIpc) is 2.77. The molecule has 0 aromatic carbocycles. The molecular weight excluding hydrogens is 236 g/mol. The molecule has 4 nitrogen and oxygen atoms in total. The van der Waals surface area contributed by atoms with Crippen molar-refractivity contribution in [3.63, 3.8) is 0 Å². The molecule has 0 amide bonds. The average molecular weight is 254 g/mol. The summed E-state index contributed by atoms with van der Waals surface area (Å²) in [6.45, 7) is 6.58. The summed E-state index contributed by atoms with van der Waals surface area (Å²) >= 11 is 1.49. The Balaban J connectivity index is 1.69. The Bertz CT molecular complexity index is 372. The molecule has 2 rings (SSSR count). The molecule has 0 unspecified atom stereocenters. The first-order valence-corrected chi connectivity index (χ1v) is 6.83. The molecule has 5 heteroatoms. The van der Waals surface area contributed by atoms with Crippen molar-refractivity contribution in [3.8, 4) is 0 Å². The second kappa shape index (κ2) is 6.23. The fourth-order valence-corrected chi connectivity index (χ4v) is 2.61. The summed E-state index contributed by atoms with van der Waals surface area (Å²) in [6.07, 6.45) is 3.28. The zero-order valence-corrected chi connectivity index (χ0v) is 11.0. The third-order valence-electron chi connectivity index (χ3n) is 2.84. The molecule has 0 radical (unpaired) electrons. The fraction of sp³-hybridized carbons (Fsp3) is 0.667. The van der Waals surface area contributed by atoms with Crippen molar-refractivity contribution in [2.75, 3.05) is 32.8 Å². The van der Waals surface area contributed by atoms with Gasteiger partial charge in [0, 0.05) is 30.6 Å². The van der Waals surface area contributed by atoms with E-state index >= 15 is 0 Å². The first-order chi connectivity index (χ1) is 8.25. The topological polar surface area (TPSA) is 42.4 Å². The number of rotatable bonds is 5. The molecular formula is C12H18N2O2S. The van der Waals surface area contributed by atoms with Crippen LogP contribution in [0.4, 0.5) is 0 Å². The van der Waals surface area contributed by atoms with Crippen LogP contribution in [0, 0.1) is 6.92 Å². The molecule has 1 aromatic rings. The number of ether oxygens (including phenoxy) is 1. The first kappa shape index (κ1) is 12.7. The number of Topliss-reactive ketones (excluding diaryl/α,β-unsaturated/α-hetero) is 1. The van der Waals surface area contributed by atoms with Crippen LogP contribution in [0.3, 0.4) is 0 Å². The SMILES string of the molecule is Cc1cnc(C(=O)CCCN2CCOCC2)s1. The van der Waals surface area contributed by atoms with Crippen LogP contribution in [0.25, 0.3) is 0 Å². The van der Waals surface area contributed by atoms with Gasteiger partial charge in [-0.1, -0.05) is 0 Å². The van der Waals surface area contributed by atoms with Gasteiger partial charge in [-0.25, -0.2) is 4.98 Å². The van der Waals surface area contributed by atoms with Gasteiger partial charge in [-0.05, 0) is 19.9 Å². The van der Waals surface area contributed by atoms with Crippen LogP contribution >= 0.6 is 11.3 Å². The second-order valence-corrected chi connectivity index (χ2v) is 5.49. The number of carbonyl (C=O) groups excluding carboxylic acids is 1. The predicted molar refractivity (Wildman–Crippen MR) is 67.7 cm³/mol. The van der Waals surface area contributed by atoms with E-state index in [1.165, 1.54) is 11.3 Å². The summed E-state index contributed by atoms with van der Waals surface area (Å²) in [4.78, 5) is 19.4. The smallest absolute Gasteiger partial charge is 0.191 e. The first-order valence-electron chi connectivity index (χ1n) is 6.01. The second-order valence-electron chi connectivity index (χ2n) is 4.26. The number of ketones is 1. The highest BCUT2D eigenvalue weighted by atomic mass is 32.1. The summed E-state index contributed by atoms with van der Waals surface area (Å²) in [5, 5.41) is 0.657. The Labute approximate surface area is 106 Å². The van der Waals surface area contributed by atoms with Gasteiger partial charge < -0.3 is 4.74 Å². The molecule has 0 spiro atoms. The maximum atomic E-state index is 11.8. The third kappa shape index (κ3) is 3.87. The van der Waals surface area contributed by atoms with Crippen molar-refractivity contribution < 1.29 is 9.53 Å². The number of thiazole rings is 1. The summed E-state index contributed by atoms with van der Waals surface area (Å²) < 4.78 is 5.28. The van der Waals surface area contributed by atoms with Gasteiger partial charge in [-0.15, -0.1) is 11.3 Å². The number of carbonyl (C=O) groups is 1. The van der Waals surface area contributed by atoms with Crippen LogP contribution in [0.5, 0.6) is 0 Å². The Kier molecular flexibility index (Phi) is 4.65. The van der Waals surface area contributed by atoms with E-state index in [2.05, 4.69) is 9.88 Å². The molecule has 1 aromatic heterocycles. The van der Waals surface area contributed by atoms with Crippen molar-refractivity contribution in [1.82, 2.24) is 9.88 Å². The lowest BCUT2D eigenvalue weighted by Gasteiger charge is -2.26. The van der Waals surface area contributed by atoms with Crippen LogP contribution in [0.1, 0.15) is 27.5 Å². The van der Waals surface area contributed by atoms with Crippen LogP contribution in [0.2, 0.25) is 0 Å². The fourth-order valence-electron chi connectivity index (χ4n) is 1.88. The maximum Gasteiger partial charge on any atom is 0.191 e. The number of aryl methyl sites for hydroxylation is 1. The number of aromatic nitrogens is 1. The lowest BCUT2D eigenvalue weighted by Crippen LogP contribution is -2.36. The highest BCUT2D eigenvalue weighted by Crippen LogP contribution is 2.14. The summed E-state index contributed by atoms with van der Waals surface area (Å²) in [5.74, 6) is 0.177. The normalized spacial score (nSPS) is 17.2. The van der Waals surface area contributed by atoms with Crippen LogP contribution in [-0.2, 0) is 4.74 Å². The molecule has 0 saturated carbocycles. The van der Waals surface area contributed by atoms with Gasteiger partial charge in [0.05, 0.1) is 13.2 Å². The summed E-state index contributed by atoms with van der Waals surface area (Å²) in [5.41, 5.74) is 0. The lowest BCUT2D eigenvalue weighted by atomic mass is 10.2. The van der Waals surface area contributed by atoms with Crippen LogP contribution < -0.4 is 0 Å². The van der Waals surface area contributed by atoms with E-state index in [0.29, 0.717) is 11.4 Å². The maximum absolute atomic E-state index is 11.8. The minimum absolute atomic E-state index is 0.177. The molecule has 1 aliphatic rings. The quantitative estimate of drug-likeness (QED) is 0.751. The molecule has 0 atom stereocenters. The van der Waals surface area contributed by atoms with Gasteiger partial charge in [0.25, 0.3) is 0 Å². The molecule has 0 bridgehead atoms.